The zero-order valence-corrected chi connectivity index (χ0v) is 12.7. The normalized spacial score (nSPS) is 11.8. The minimum absolute atomic E-state index is 0.00103. The predicted molar refractivity (Wildman–Crippen MR) is 77.1 cm³/mol. The van der Waals surface area contributed by atoms with Gasteiger partial charge < -0.3 is 5.11 Å². The molecule has 0 aromatic heterocycles. The van der Waals surface area contributed by atoms with Crippen LogP contribution in [-0.2, 0) is 21.2 Å². The van der Waals surface area contributed by atoms with E-state index in [1.807, 2.05) is 13.8 Å². The van der Waals surface area contributed by atoms with Gasteiger partial charge in [-0.2, -0.15) is 4.31 Å². The van der Waals surface area contributed by atoms with Crippen molar-refractivity contribution in [1.29, 1.82) is 0 Å². The largest absolute Gasteiger partial charge is 0.481 e. The second-order valence-electron chi connectivity index (χ2n) is 4.55. The van der Waals surface area contributed by atoms with Crippen LogP contribution in [0.5, 0.6) is 0 Å². The van der Waals surface area contributed by atoms with E-state index in [4.69, 9.17) is 5.11 Å². The van der Waals surface area contributed by atoms with Crippen molar-refractivity contribution in [1.82, 2.24) is 4.31 Å². The zero-order valence-electron chi connectivity index (χ0n) is 11.9. The van der Waals surface area contributed by atoms with Crippen LogP contribution in [0.2, 0.25) is 0 Å². The Morgan fingerprint density at radius 3 is 2.20 bits per heavy atom. The SMILES string of the molecule is CCCN(CCC(=O)O)S(=O)(=O)c1ccc(CC)cc1. The number of aliphatic carboxylic acids is 1. The lowest BCUT2D eigenvalue weighted by Gasteiger charge is -2.21. The summed E-state index contributed by atoms with van der Waals surface area (Å²) in [6.07, 6.45) is 1.30. The molecule has 0 atom stereocenters. The molecule has 0 heterocycles. The first-order chi connectivity index (χ1) is 9.41. The highest BCUT2D eigenvalue weighted by Gasteiger charge is 2.24. The zero-order chi connectivity index (χ0) is 15.2. The van der Waals surface area contributed by atoms with E-state index < -0.39 is 16.0 Å². The summed E-state index contributed by atoms with van der Waals surface area (Å²) in [5.41, 5.74) is 1.07. The number of nitrogens with zero attached hydrogens (tertiary/aromatic N) is 1. The first kappa shape index (κ1) is 16.7. The van der Waals surface area contributed by atoms with Gasteiger partial charge in [-0.05, 0) is 30.5 Å². The van der Waals surface area contributed by atoms with Gasteiger partial charge in [-0.3, -0.25) is 4.79 Å². The molecule has 1 aromatic rings. The lowest BCUT2D eigenvalue weighted by atomic mass is 10.2. The number of carboxylic acid groups (broad SMARTS) is 1. The Kier molecular flexibility index (Phi) is 6.16. The van der Waals surface area contributed by atoms with Crippen molar-refractivity contribution in [3.63, 3.8) is 0 Å². The first-order valence-electron chi connectivity index (χ1n) is 6.72. The molecule has 0 aliphatic heterocycles. The van der Waals surface area contributed by atoms with Crippen molar-refractivity contribution in [2.45, 2.75) is 38.0 Å². The summed E-state index contributed by atoms with van der Waals surface area (Å²) in [7, 11) is -3.61. The van der Waals surface area contributed by atoms with E-state index in [0.29, 0.717) is 13.0 Å². The van der Waals surface area contributed by atoms with Crippen molar-refractivity contribution < 1.29 is 18.3 Å². The van der Waals surface area contributed by atoms with E-state index in [0.717, 1.165) is 12.0 Å². The van der Waals surface area contributed by atoms with Gasteiger partial charge >= 0.3 is 5.97 Å². The summed E-state index contributed by atoms with van der Waals surface area (Å²) in [6, 6.07) is 6.73. The highest BCUT2D eigenvalue weighted by molar-refractivity contribution is 7.89. The van der Waals surface area contributed by atoms with E-state index in [2.05, 4.69) is 0 Å². The van der Waals surface area contributed by atoms with Crippen molar-refractivity contribution in [2.24, 2.45) is 0 Å². The summed E-state index contributed by atoms with van der Waals surface area (Å²) in [5, 5.41) is 8.71. The molecular formula is C14H21NO4S. The van der Waals surface area contributed by atoms with Gasteiger partial charge in [0.2, 0.25) is 10.0 Å². The van der Waals surface area contributed by atoms with Crippen LogP contribution in [0.15, 0.2) is 29.2 Å². The van der Waals surface area contributed by atoms with Crippen LogP contribution in [0.4, 0.5) is 0 Å². The monoisotopic (exact) mass is 299 g/mol. The first-order valence-corrected chi connectivity index (χ1v) is 8.16. The van der Waals surface area contributed by atoms with Crippen LogP contribution in [0.25, 0.3) is 0 Å². The molecule has 5 nitrogen and oxygen atoms in total. The number of benzene rings is 1. The molecule has 0 amide bonds. The Morgan fingerprint density at radius 2 is 1.75 bits per heavy atom. The number of hydrogen-bond donors (Lipinski definition) is 1. The lowest BCUT2D eigenvalue weighted by molar-refractivity contribution is -0.137. The number of carbonyl (C=O) groups is 1. The molecular weight excluding hydrogens is 278 g/mol. The van der Waals surface area contributed by atoms with Crippen LogP contribution in [-0.4, -0.2) is 36.9 Å². The third-order valence-corrected chi connectivity index (χ3v) is 4.93. The molecule has 0 spiro atoms. The smallest absolute Gasteiger partial charge is 0.304 e. The third kappa shape index (κ3) is 4.31. The van der Waals surface area contributed by atoms with Gasteiger partial charge in [0.05, 0.1) is 11.3 Å². The van der Waals surface area contributed by atoms with Gasteiger partial charge in [0, 0.05) is 13.1 Å². The minimum Gasteiger partial charge on any atom is -0.481 e. The maximum Gasteiger partial charge on any atom is 0.304 e. The highest BCUT2D eigenvalue weighted by Crippen LogP contribution is 2.17. The summed E-state index contributed by atoms with van der Waals surface area (Å²) < 4.78 is 26.2. The maximum absolute atomic E-state index is 12.5. The standard InChI is InChI=1S/C14H21NO4S/c1-3-10-15(11-9-14(16)17)20(18,19)13-7-5-12(4-2)6-8-13/h5-8H,3-4,9-11H2,1-2H3,(H,16,17). The second-order valence-corrected chi connectivity index (χ2v) is 6.48. The van der Waals surface area contributed by atoms with Crippen molar-refractivity contribution in [2.75, 3.05) is 13.1 Å². The molecule has 0 aliphatic rings. The quantitative estimate of drug-likeness (QED) is 0.798. The van der Waals surface area contributed by atoms with Gasteiger partial charge in [0.15, 0.2) is 0 Å². The molecule has 0 fully saturated rings. The maximum atomic E-state index is 12.5. The molecule has 0 aliphatic carbocycles. The molecule has 112 valence electrons. The molecule has 0 unspecified atom stereocenters. The van der Waals surface area contributed by atoms with Crippen molar-refractivity contribution >= 4 is 16.0 Å². The van der Waals surface area contributed by atoms with E-state index in [-0.39, 0.29) is 17.9 Å². The highest BCUT2D eigenvalue weighted by atomic mass is 32.2. The summed E-state index contributed by atoms with van der Waals surface area (Å²) in [6.45, 7) is 4.19. The van der Waals surface area contributed by atoms with Gasteiger partial charge in [-0.25, -0.2) is 8.42 Å². The van der Waals surface area contributed by atoms with Gasteiger partial charge in [-0.1, -0.05) is 26.0 Å². The van der Waals surface area contributed by atoms with Crippen molar-refractivity contribution in [3.05, 3.63) is 29.8 Å². The number of carboxylic acids is 1. The van der Waals surface area contributed by atoms with Crippen molar-refractivity contribution in [3.8, 4) is 0 Å². The fourth-order valence-electron chi connectivity index (χ4n) is 1.87. The van der Waals surface area contributed by atoms with Crippen LogP contribution in [0.1, 0.15) is 32.3 Å². The Balaban J connectivity index is 2.98. The average molecular weight is 299 g/mol. The van der Waals surface area contributed by atoms with Gasteiger partial charge in [-0.15, -0.1) is 0 Å². The number of hydrogen-bond acceptors (Lipinski definition) is 3. The lowest BCUT2D eigenvalue weighted by Crippen LogP contribution is -2.33. The third-order valence-electron chi connectivity index (χ3n) is 3.02. The van der Waals surface area contributed by atoms with Crippen LogP contribution < -0.4 is 0 Å². The molecule has 1 N–H and O–H groups in total. The van der Waals surface area contributed by atoms with Gasteiger partial charge in [0.25, 0.3) is 0 Å². The Labute approximate surface area is 120 Å². The molecule has 1 aromatic carbocycles. The van der Waals surface area contributed by atoms with Crippen LogP contribution in [0.3, 0.4) is 0 Å². The van der Waals surface area contributed by atoms with E-state index in [1.54, 1.807) is 24.3 Å². The molecule has 0 saturated carbocycles. The average Bonchev–Trinajstić information content (AvgIpc) is 2.43. The van der Waals surface area contributed by atoms with Crippen LogP contribution in [0, 0.1) is 0 Å². The Bertz CT molecular complexity index is 537. The predicted octanol–water partition coefficient (Wildman–Crippen LogP) is 2.12. The van der Waals surface area contributed by atoms with Gasteiger partial charge in [0.1, 0.15) is 0 Å². The molecule has 0 radical (unpaired) electrons. The van der Waals surface area contributed by atoms with E-state index in [9.17, 15) is 13.2 Å². The van der Waals surface area contributed by atoms with E-state index >= 15 is 0 Å². The summed E-state index contributed by atoms with van der Waals surface area (Å²) in [4.78, 5) is 10.8. The van der Waals surface area contributed by atoms with Crippen LogP contribution >= 0.6 is 0 Å². The summed E-state index contributed by atoms with van der Waals surface area (Å²) in [5.74, 6) is -0.998. The topological polar surface area (TPSA) is 74.7 Å². The summed E-state index contributed by atoms with van der Waals surface area (Å²) >= 11 is 0. The Hall–Kier alpha value is -1.40. The molecule has 6 heteroatoms. The molecule has 1 rings (SSSR count). The number of aryl methyl sites for hydroxylation is 1. The fraction of sp³-hybridized carbons (Fsp3) is 0.500. The number of sulfonamides is 1. The number of rotatable bonds is 8. The van der Waals surface area contributed by atoms with E-state index in [1.165, 1.54) is 4.31 Å². The molecule has 20 heavy (non-hydrogen) atoms. The molecule has 0 bridgehead atoms. The Morgan fingerprint density at radius 1 is 1.15 bits per heavy atom. The molecule has 0 saturated heterocycles. The minimum atomic E-state index is -3.61. The second kappa shape index (κ2) is 7.40. The fourth-order valence-corrected chi connectivity index (χ4v) is 3.40.